The van der Waals surface area contributed by atoms with Gasteiger partial charge in [-0.15, -0.1) is 22.7 Å². The van der Waals surface area contributed by atoms with Crippen molar-refractivity contribution in [2.24, 2.45) is 0 Å². The number of hydrogen-bond acceptors (Lipinski definition) is 2. The summed E-state index contributed by atoms with van der Waals surface area (Å²) in [6.07, 6.45) is 0. The van der Waals surface area contributed by atoms with E-state index in [0.717, 1.165) is 0 Å². The fraction of sp³-hybridized carbons (Fsp3) is 0.308. The number of hydrogen-bond donors (Lipinski definition) is 0. The molecular formula is C26H24S2. The number of aryl methyl sites for hydroxylation is 2. The molecular weight excluding hydrogens is 376 g/mol. The Bertz CT molecular complexity index is 1220. The monoisotopic (exact) mass is 400 g/mol. The van der Waals surface area contributed by atoms with E-state index < -0.39 is 0 Å². The predicted molar refractivity (Wildman–Crippen MR) is 124 cm³/mol. The van der Waals surface area contributed by atoms with Crippen LogP contribution in [-0.2, 0) is 10.8 Å². The topological polar surface area (TPSA) is 0 Å². The summed E-state index contributed by atoms with van der Waals surface area (Å²) in [5.74, 6) is 0. The molecule has 0 atom stereocenters. The largest absolute Gasteiger partial charge is 0.140 e. The van der Waals surface area contributed by atoms with Gasteiger partial charge in [-0.2, -0.15) is 0 Å². The molecule has 2 aromatic heterocycles. The Morgan fingerprint density at radius 2 is 1.00 bits per heavy atom. The quantitative estimate of drug-likeness (QED) is 0.279. The Hall–Kier alpha value is -1.90. The minimum atomic E-state index is 0.0628. The summed E-state index contributed by atoms with van der Waals surface area (Å²) >= 11 is 3.90. The highest BCUT2D eigenvalue weighted by Crippen LogP contribution is 2.58. The number of thiophene rings is 2. The molecule has 4 aromatic rings. The van der Waals surface area contributed by atoms with Gasteiger partial charge in [-0.05, 0) is 70.1 Å². The second kappa shape index (κ2) is 4.98. The summed E-state index contributed by atoms with van der Waals surface area (Å²) in [7, 11) is 0. The second-order valence-electron chi connectivity index (χ2n) is 9.52. The Balaban J connectivity index is 1.72. The van der Waals surface area contributed by atoms with Crippen LogP contribution in [0.5, 0.6) is 0 Å². The number of rotatable bonds is 0. The maximum absolute atomic E-state index is 2.41. The predicted octanol–water partition coefficient (Wildman–Crippen LogP) is 8.19. The lowest BCUT2D eigenvalue weighted by Crippen LogP contribution is -2.17. The van der Waals surface area contributed by atoms with E-state index in [1.165, 1.54) is 63.7 Å². The molecule has 0 bridgehead atoms. The fourth-order valence-electron chi connectivity index (χ4n) is 5.76. The van der Waals surface area contributed by atoms with Crippen molar-refractivity contribution in [2.75, 3.05) is 0 Å². The normalized spacial score (nSPS) is 17.5. The van der Waals surface area contributed by atoms with E-state index in [1.54, 1.807) is 0 Å². The van der Waals surface area contributed by atoms with Gasteiger partial charge in [-0.3, -0.25) is 0 Å². The van der Waals surface area contributed by atoms with E-state index >= 15 is 0 Å². The average Bonchev–Trinajstić information content (AvgIpc) is 3.31. The summed E-state index contributed by atoms with van der Waals surface area (Å²) in [6, 6.07) is 14.4. The van der Waals surface area contributed by atoms with Crippen LogP contribution >= 0.6 is 22.7 Å². The average molecular weight is 401 g/mol. The lowest BCUT2D eigenvalue weighted by molar-refractivity contribution is 0.662. The van der Waals surface area contributed by atoms with Gasteiger partial charge in [-0.25, -0.2) is 0 Å². The van der Waals surface area contributed by atoms with Gasteiger partial charge in [0, 0.05) is 30.3 Å². The Kier molecular flexibility index (Phi) is 3.02. The van der Waals surface area contributed by atoms with Crippen molar-refractivity contribution >= 4 is 33.4 Å². The zero-order chi connectivity index (χ0) is 19.6. The highest BCUT2D eigenvalue weighted by atomic mass is 32.1. The molecule has 0 aliphatic heterocycles. The van der Waals surface area contributed by atoms with Crippen LogP contribution in [0.4, 0.5) is 0 Å². The molecule has 2 heterocycles. The van der Waals surface area contributed by atoms with Gasteiger partial charge in [-0.1, -0.05) is 52.0 Å². The first-order chi connectivity index (χ1) is 13.2. The molecule has 28 heavy (non-hydrogen) atoms. The third kappa shape index (κ3) is 1.82. The van der Waals surface area contributed by atoms with Crippen LogP contribution in [0.2, 0.25) is 0 Å². The van der Waals surface area contributed by atoms with Gasteiger partial charge in [0.25, 0.3) is 0 Å². The first kappa shape index (κ1) is 17.0. The molecule has 0 unspecified atom stereocenters. The van der Waals surface area contributed by atoms with E-state index in [1.807, 2.05) is 22.7 Å². The highest BCUT2D eigenvalue weighted by Gasteiger charge is 2.42. The SMILES string of the molecule is Cc1cc2c(s1)-c1ccc3c4c(ccc3c1C2(C)C)-c1sc(C)cc1C4(C)C. The molecule has 2 aliphatic rings. The van der Waals surface area contributed by atoms with Crippen LogP contribution in [0, 0.1) is 13.8 Å². The summed E-state index contributed by atoms with van der Waals surface area (Å²) in [6.45, 7) is 14.1. The van der Waals surface area contributed by atoms with E-state index in [0.29, 0.717) is 0 Å². The zero-order valence-corrected chi connectivity index (χ0v) is 18.9. The van der Waals surface area contributed by atoms with E-state index in [4.69, 9.17) is 0 Å². The van der Waals surface area contributed by atoms with Crippen molar-refractivity contribution in [3.05, 3.63) is 68.4 Å². The van der Waals surface area contributed by atoms with Crippen molar-refractivity contribution in [2.45, 2.75) is 52.4 Å². The van der Waals surface area contributed by atoms with Crippen molar-refractivity contribution < 1.29 is 0 Å². The summed E-state index contributed by atoms with van der Waals surface area (Å²) in [5, 5.41) is 2.89. The van der Waals surface area contributed by atoms with Crippen LogP contribution in [0.1, 0.15) is 59.7 Å². The van der Waals surface area contributed by atoms with Crippen molar-refractivity contribution in [3.63, 3.8) is 0 Å². The van der Waals surface area contributed by atoms with E-state index in [2.05, 4.69) is 77.9 Å². The minimum absolute atomic E-state index is 0.0628. The molecule has 0 N–H and O–H groups in total. The van der Waals surface area contributed by atoms with Gasteiger partial charge in [0.15, 0.2) is 0 Å². The zero-order valence-electron chi connectivity index (χ0n) is 17.3. The molecule has 2 aromatic carbocycles. The number of fused-ring (bicyclic) bond motifs is 9. The van der Waals surface area contributed by atoms with Crippen LogP contribution in [0.3, 0.4) is 0 Å². The maximum Gasteiger partial charge on any atom is 0.0389 e. The summed E-state index contributed by atoms with van der Waals surface area (Å²) < 4.78 is 0. The van der Waals surface area contributed by atoms with Crippen LogP contribution < -0.4 is 0 Å². The van der Waals surface area contributed by atoms with Crippen molar-refractivity contribution in [1.29, 1.82) is 0 Å². The first-order valence-electron chi connectivity index (χ1n) is 10.0. The van der Waals surface area contributed by atoms with Crippen molar-refractivity contribution in [1.82, 2.24) is 0 Å². The molecule has 0 saturated carbocycles. The van der Waals surface area contributed by atoms with Gasteiger partial charge in [0.1, 0.15) is 0 Å². The highest BCUT2D eigenvalue weighted by molar-refractivity contribution is 7.16. The molecule has 140 valence electrons. The van der Waals surface area contributed by atoms with E-state index in [9.17, 15) is 0 Å². The third-order valence-corrected chi connectivity index (χ3v) is 9.16. The van der Waals surface area contributed by atoms with Gasteiger partial charge < -0.3 is 0 Å². The molecule has 0 radical (unpaired) electrons. The second-order valence-corrected chi connectivity index (χ2v) is 12.0. The Labute approximate surface area is 174 Å². The first-order valence-corrected chi connectivity index (χ1v) is 11.7. The molecule has 6 rings (SSSR count). The van der Waals surface area contributed by atoms with Gasteiger partial charge in [0.2, 0.25) is 0 Å². The minimum Gasteiger partial charge on any atom is -0.140 e. The molecule has 0 saturated heterocycles. The Morgan fingerprint density at radius 3 is 1.39 bits per heavy atom. The standard InChI is InChI=1S/C26H24S2/c1-13-11-19-23(27-13)17-9-7-16-15(21(17)25(19,3)4)8-10-18-22(16)26(5,6)20-12-14(2)28-24(18)20/h7-12H,1-6H3. The summed E-state index contributed by atoms with van der Waals surface area (Å²) in [4.78, 5) is 5.79. The Morgan fingerprint density at radius 1 is 0.607 bits per heavy atom. The third-order valence-electron chi connectivity index (χ3n) is 7.00. The molecule has 0 spiro atoms. The molecule has 0 fully saturated rings. The van der Waals surface area contributed by atoms with Crippen LogP contribution in [-0.4, -0.2) is 0 Å². The van der Waals surface area contributed by atoms with Gasteiger partial charge in [0.05, 0.1) is 0 Å². The lowest BCUT2D eigenvalue weighted by atomic mass is 9.76. The van der Waals surface area contributed by atoms with Crippen LogP contribution in [0.15, 0.2) is 36.4 Å². The van der Waals surface area contributed by atoms with Crippen LogP contribution in [0.25, 0.3) is 31.7 Å². The molecule has 0 nitrogen and oxygen atoms in total. The summed E-state index contributed by atoms with van der Waals surface area (Å²) in [5.41, 5.74) is 9.09. The maximum atomic E-state index is 2.41. The van der Waals surface area contributed by atoms with E-state index in [-0.39, 0.29) is 10.8 Å². The fourth-order valence-corrected chi connectivity index (χ4v) is 8.16. The van der Waals surface area contributed by atoms with Crippen molar-refractivity contribution in [3.8, 4) is 20.9 Å². The smallest absolute Gasteiger partial charge is 0.0389 e. The van der Waals surface area contributed by atoms with Gasteiger partial charge >= 0.3 is 0 Å². The molecule has 2 aliphatic carbocycles. The molecule has 0 amide bonds. The lowest BCUT2D eigenvalue weighted by Gasteiger charge is -2.26. The molecule has 2 heteroatoms. The number of benzene rings is 2.